The standard InChI is InChI=1S/C14H16AsN3O3/c1-18(2)12-9-7-11(8-10-12)16-17-14-6-4-3-5-13(14)15(19,20)21/h3-10H,1-2H3,(H2,19,20,21). The number of rotatable bonds is 4. The first-order valence-corrected chi connectivity index (χ1v) is 9.60. The Morgan fingerprint density at radius 3 is 2.14 bits per heavy atom. The van der Waals surface area contributed by atoms with E-state index in [1.807, 2.05) is 31.1 Å². The molecule has 2 aromatic carbocycles. The van der Waals surface area contributed by atoms with Crippen molar-refractivity contribution in [3.63, 3.8) is 0 Å². The molecule has 2 N–H and O–H groups in total. The molecule has 0 aliphatic carbocycles. The molecule has 2 aromatic rings. The molecule has 110 valence electrons. The molecule has 0 aliphatic rings. The van der Waals surface area contributed by atoms with Crippen molar-refractivity contribution in [1.82, 2.24) is 0 Å². The fourth-order valence-corrected chi connectivity index (χ4v) is 3.19. The minimum absolute atomic E-state index is 0.0655. The zero-order chi connectivity index (χ0) is 15.5. The average molecular weight is 349 g/mol. The van der Waals surface area contributed by atoms with Gasteiger partial charge in [-0.2, -0.15) is 0 Å². The van der Waals surface area contributed by atoms with Gasteiger partial charge in [0.25, 0.3) is 0 Å². The molecule has 0 amide bonds. The van der Waals surface area contributed by atoms with Crippen LogP contribution >= 0.6 is 0 Å². The van der Waals surface area contributed by atoms with E-state index in [4.69, 9.17) is 0 Å². The second-order valence-corrected chi connectivity index (χ2v) is 7.94. The Balaban J connectivity index is 2.28. The van der Waals surface area contributed by atoms with E-state index in [9.17, 15) is 11.9 Å². The van der Waals surface area contributed by atoms with Gasteiger partial charge in [-0.25, -0.2) is 0 Å². The number of benzene rings is 2. The van der Waals surface area contributed by atoms with Gasteiger partial charge in [-0.1, -0.05) is 0 Å². The number of nitrogens with zero attached hydrogens (tertiary/aromatic N) is 3. The van der Waals surface area contributed by atoms with Crippen LogP contribution in [0.1, 0.15) is 0 Å². The van der Waals surface area contributed by atoms with Crippen LogP contribution in [0, 0.1) is 0 Å². The van der Waals surface area contributed by atoms with Crippen LogP contribution in [0.2, 0.25) is 0 Å². The third kappa shape index (κ3) is 4.04. The Bertz CT molecular complexity index is 693. The molecule has 0 bridgehead atoms. The zero-order valence-corrected chi connectivity index (χ0v) is 13.6. The predicted molar refractivity (Wildman–Crippen MR) is 81.9 cm³/mol. The summed E-state index contributed by atoms with van der Waals surface area (Å²) in [5.74, 6) is 0. The molecule has 0 spiro atoms. The van der Waals surface area contributed by atoms with E-state index in [-0.39, 0.29) is 10.0 Å². The van der Waals surface area contributed by atoms with Gasteiger partial charge in [0.1, 0.15) is 0 Å². The van der Waals surface area contributed by atoms with Crippen molar-refractivity contribution in [1.29, 1.82) is 0 Å². The van der Waals surface area contributed by atoms with Crippen LogP contribution < -0.4 is 9.25 Å². The van der Waals surface area contributed by atoms with E-state index in [1.54, 1.807) is 24.3 Å². The maximum atomic E-state index is 11.4. The molecule has 0 radical (unpaired) electrons. The number of azo groups is 1. The fourth-order valence-electron chi connectivity index (χ4n) is 1.72. The van der Waals surface area contributed by atoms with Gasteiger partial charge in [0, 0.05) is 0 Å². The first kappa shape index (κ1) is 15.5. The van der Waals surface area contributed by atoms with Crippen molar-refractivity contribution in [2.45, 2.75) is 0 Å². The maximum absolute atomic E-state index is 11.4. The second-order valence-electron chi connectivity index (χ2n) is 4.64. The van der Waals surface area contributed by atoms with E-state index in [2.05, 4.69) is 10.2 Å². The Morgan fingerprint density at radius 2 is 1.57 bits per heavy atom. The monoisotopic (exact) mass is 349 g/mol. The van der Waals surface area contributed by atoms with Gasteiger partial charge < -0.3 is 0 Å². The Morgan fingerprint density at radius 1 is 0.952 bits per heavy atom. The van der Waals surface area contributed by atoms with Crippen molar-refractivity contribution < 1.29 is 11.9 Å². The van der Waals surface area contributed by atoms with Gasteiger partial charge in [0.15, 0.2) is 0 Å². The van der Waals surface area contributed by atoms with Crippen molar-refractivity contribution in [3.8, 4) is 0 Å². The molecule has 2 rings (SSSR count). The summed E-state index contributed by atoms with van der Waals surface area (Å²) >= 11 is -5.00. The van der Waals surface area contributed by atoms with Crippen LogP contribution in [0.25, 0.3) is 0 Å². The SMILES string of the molecule is CN(C)c1ccc(N=Nc2ccccc2[As](=O)(O)O)cc1. The summed E-state index contributed by atoms with van der Waals surface area (Å²) in [6.45, 7) is 0. The van der Waals surface area contributed by atoms with E-state index in [0.717, 1.165) is 5.69 Å². The topological polar surface area (TPSA) is 85.5 Å². The molecule has 0 saturated heterocycles. The Labute approximate surface area is 125 Å². The van der Waals surface area contributed by atoms with Crippen molar-refractivity contribution >= 4 is 35.6 Å². The van der Waals surface area contributed by atoms with E-state index >= 15 is 0 Å². The van der Waals surface area contributed by atoms with Crippen LogP contribution in [0.5, 0.6) is 0 Å². The zero-order valence-electron chi connectivity index (χ0n) is 11.7. The minimum atomic E-state index is -5.00. The number of hydrogen-bond acceptors (Lipinski definition) is 4. The molecular formula is C14H16AsN3O3. The van der Waals surface area contributed by atoms with Crippen molar-refractivity contribution in [2.75, 3.05) is 19.0 Å². The molecule has 0 aromatic heterocycles. The summed E-state index contributed by atoms with van der Waals surface area (Å²) in [4.78, 5) is 1.96. The molecular weight excluding hydrogens is 333 g/mol. The summed E-state index contributed by atoms with van der Waals surface area (Å²) in [5.41, 5.74) is 1.85. The van der Waals surface area contributed by atoms with Crippen LogP contribution in [0.15, 0.2) is 58.8 Å². The van der Waals surface area contributed by atoms with Gasteiger partial charge in [0.05, 0.1) is 0 Å². The van der Waals surface area contributed by atoms with Gasteiger partial charge in [-0.05, 0) is 0 Å². The molecule has 0 aliphatic heterocycles. The van der Waals surface area contributed by atoms with E-state index in [1.165, 1.54) is 12.1 Å². The van der Waals surface area contributed by atoms with Crippen LogP contribution in [-0.2, 0) is 3.74 Å². The van der Waals surface area contributed by atoms with Gasteiger partial charge in [0.2, 0.25) is 0 Å². The average Bonchev–Trinajstić information content (AvgIpc) is 2.45. The number of hydrogen-bond donors (Lipinski definition) is 2. The van der Waals surface area contributed by atoms with Crippen LogP contribution in [0.4, 0.5) is 17.1 Å². The van der Waals surface area contributed by atoms with Gasteiger partial charge >= 0.3 is 125 Å². The Hall–Kier alpha value is -1.88. The summed E-state index contributed by atoms with van der Waals surface area (Å²) in [5, 5.41) is 7.98. The number of anilines is 1. The molecule has 0 heterocycles. The molecule has 0 fully saturated rings. The second kappa shape index (κ2) is 6.26. The Kier molecular flexibility index (Phi) is 4.62. The van der Waals surface area contributed by atoms with Gasteiger partial charge in [-0.15, -0.1) is 0 Å². The van der Waals surface area contributed by atoms with E-state index in [0.29, 0.717) is 5.69 Å². The summed E-state index contributed by atoms with van der Waals surface area (Å²) in [7, 11) is 3.88. The van der Waals surface area contributed by atoms with Crippen molar-refractivity contribution in [2.24, 2.45) is 10.2 Å². The molecule has 0 atom stereocenters. The third-order valence-electron chi connectivity index (χ3n) is 2.83. The first-order chi connectivity index (χ1) is 9.88. The first-order valence-electron chi connectivity index (χ1n) is 6.22. The van der Waals surface area contributed by atoms with Crippen LogP contribution in [-0.4, -0.2) is 36.5 Å². The molecule has 7 heteroatoms. The van der Waals surface area contributed by atoms with E-state index < -0.39 is 14.2 Å². The molecule has 0 saturated carbocycles. The fraction of sp³-hybridized carbons (Fsp3) is 0.143. The van der Waals surface area contributed by atoms with Gasteiger partial charge in [-0.3, -0.25) is 0 Å². The summed E-state index contributed by atoms with van der Waals surface area (Å²) in [6, 6.07) is 13.5. The third-order valence-corrected chi connectivity index (χ3v) is 4.95. The van der Waals surface area contributed by atoms with Crippen molar-refractivity contribution in [3.05, 3.63) is 48.5 Å². The van der Waals surface area contributed by atoms with Crippen LogP contribution in [0.3, 0.4) is 0 Å². The summed E-state index contributed by atoms with van der Waals surface area (Å²) in [6.07, 6.45) is 0. The normalized spacial score (nSPS) is 11.8. The molecule has 21 heavy (non-hydrogen) atoms. The molecule has 0 unspecified atom stereocenters. The quantitative estimate of drug-likeness (QED) is 0.650. The summed E-state index contributed by atoms with van der Waals surface area (Å²) < 4.78 is 30.0. The molecule has 6 nitrogen and oxygen atoms in total. The predicted octanol–water partition coefficient (Wildman–Crippen LogP) is 1.73.